The van der Waals surface area contributed by atoms with Crippen molar-refractivity contribution in [3.8, 4) is 0 Å². The summed E-state index contributed by atoms with van der Waals surface area (Å²) in [6.07, 6.45) is 13.1. The van der Waals surface area contributed by atoms with Gasteiger partial charge >= 0.3 is 5.97 Å². The molecule has 1 aromatic heterocycles. The lowest BCUT2D eigenvalue weighted by atomic mass is 9.78. The van der Waals surface area contributed by atoms with Crippen LogP contribution < -0.4 is 0 Å². The van der Waals surface area contributed by atoms with E-state index in [9.17, 15) is 39.3 Å². The summed E-state index contributed by atoms with van der Waals surface area (Å²) in [6, 6.07) is 2.96. The van der Waals surface area contributed by atoms with Crippen molar-refractivity contribution in [1.29, 1.82) is 0 Å². The van der Waals surface area contributed by atoms with E-state index in [-0.39, 0.29) is 60.7 Å². The third kappa shape index (κ3) is 15.0. The maximum atomic E-state index is 14.5. The van der Waals surface area contributed by atoms with E-state index in [1.165, 1.54) is 16.9 Å². The minimum absolute atomic E-state index is 0.00676. The van der Waals surface area contributed by atoms with Crippen LogP contribution in [0.25, 0.3) is 0 Å². The lowest BCUT2D eigenvalue weighted by Crippen LogP contribution is -2.60. The number of esters is 1. The molecule has 1 aromatic rings. The van der Waals surface area contributed by atoms with Crippen molar-refractivity contribution in [3.63, 3.8) is 0 Å². The van der Waals surface area contributed by atoms with Gasteiger partial charge in [0.15, 0.2) is 5.78 Å². The minimum atomic E-state index is -2.41. The van der Waals surface area contributed by atoms with E-state index >= 15 is 0 Å². The number of fused-ring (bicyclic) bond motifs is 3. The number of Topliss-reactive ketones (excluding diaryl/α,β-unsaturated/α-hetero) is 3. The largest absolute Gasteiger partial charge is 0.460 e. The van der Waals surface area contributed by atoms with Gasteiger partial charge < -0.3 is 39.2 Å². The zero-order chi connectivity index (χ0) is 50.6. The summed E-state index contributed by atoms with van der Waals surface area (Å²) in [5.74, 6) is -7.82. The Morgan fingerprint density at radius 1 is 0.899 bits per heavy atom. The number of ether oxygens (including phenoxy) is 4. The smallest absolute Gasteiger partial charge is 0.329 e. The van der Waals surface area contributed by atoms with E-state index in [0.29, 0.717) is 63.4 Å². The Bertz CT molecular complexity index is 2010. The molecular weight excluding hydrogens is 899 g/mol. The van der Waals surface area contributed by atoms with Gasteiger partial charge in [0.25, 0.3) is 11.7 Å². The third-order valence-electron chi connectivity index (χ3n) is 15.4. The van der Waals surface area contributed by atoms with E-state index in [0.717, 1.165) is 18.4 Å². The molecule has 0 radical (unpaired) electrons. The fraction of sp³-hybridized carbons (Fsp3) is 0.691. The summed E-state index contributed by atoms with van der Waals surface area (Å²) in [4.78, 5) is 73.7. The van der Waals surface area contributed by atoms with Crippen molar-refractivity contribution in [2.45, 2.75) is 180 Å². The molecule has 0 spiro atoms. The monoisotopic (exact) mass is 980 g/mol. The Kier molecular flexibility index (Phi) is 21.4. The maximum absolute atomic E-state index is 14.5. The first-order chi connectivity index (χ1) is 32.8. The molecule has 3 fully saturated rings. The molecule has 13 nitrogen and oxygen atoms in total. The maximum Gasteiger partial charge on any atom is 0.329 e. The van der Waals surface area contributed by atoms with Crippen molar-refractivity contribution in [2.24, 2.45) is 41.4 Å². The number of thiophene rings is 1. The molecule has 5 rings (SSSR count). The van der Waals surface area contributed by atoms with Gasteiger partial charge in [0, 0.05) is 49.8 Å². The summed E-state index contributed by atoms with van der Waals surface area (Å²) >= 11 is 1.66. The molecule has 3 N–H and O–H groups in total. The first-order valence-corrected chi connectivity index (χ1v) is 26.3. The molecule has 384 valence electrons. The number of nitrogens with zero attached hydrogens (tertiary/aromatic N) is 1. The molecule has 1 saturated carbocycles. The standard InChI is InChI=1S/C55H81NO12S/c1-33-16-11-10-12-17-34(2)41(31-43-18-15-25-69-43)30-42-22-20-39(7)55(64,68-42)52(61)53(62)56-24-14-13-19-44(56)54(63)67-47(36(4)28-40-21-23-45(57)48(29-40)65-8)32-46(58)35(3)27-38(6)50(60)51(66-9)49(59)37(5)26-33/h10-12,15-18,25,27,33,35-37,39-42,44-45,47-48,50-51,57,60,64H,13-14,19-24,26,28-32H2,1-9H3/b12-10+,16-11+,34-17+,38-27+/t33-,35-,36-,37-,39-,40+,41?,42+,44+,45-,47+,48-,50-,51?,55-/m1/s1. The highest BCUT2D eigenvalue weighted by molar-refractivity contribution is 7.09. The molecule has 2 saturated heterocycles. The van der Waals surface area contributed by atoms with Crippen molar-refractivity contribution < 1.29 is 58.2 Å². The zero-order valence-electron chi connectivity index (χ0n) is 42.5. The summed E-state index contributed by atoms with van der Waals surface area (Å²) in [7, 11) is 2.96. The Balaban J connectivity index is 1.49. The van der Waals surface area contributed by atoms with Crippen molar-refractivity contribution in [1.82, 2.24) is 4.90 Å². The van der Waals surface area contributed by atoms with E-state index in [1.54, 1.807) is 45.3 Å². The van der Waals surface area contributed by atoms with Gasteiger partial charge in [-0.15, -0.1) is 11.3 Å². The highest BCUT2D eigenvalue weighted by atomic mass is 32.1. The predicted octanol–water partition coefficient (Wildman–Crippen LogP) is 8.09. The highest BCUT2D eigenvalue weighted by Gasteiger charge is 2.53. The van der Waals surface area contributed by atoms with Crippen LogP contribution in [-0.4, -0.2) is 119 Å². The number of cyclic esters (lactones) is 1. The second kappa shape index (κ2) is 26.2. The van der Waals surface area contributed by atoms with Crippen LogP contribution in [0.3, 0.4) is 0 Å². The van der Waals surface area contributed by atoms with Crippen molar-refractivity contribution in [3.05, 3.63) is 70.0 Å². The summed E-state index contributed by atoms with van der Waals surface area (Å²) in [5, 5.41) is 36.2. The Hall–Kier alpha value is -3.63. The molecule has 4 aliphatic rings. The van der Waals surface area contributed by atoms with Gasteiger partial charge in [-0.25, -0.2) is 4.79 Å². The number of amides is 1. The predicted molar refractivity (Wildman–Crippen MR) is 266 cm³/mol. The first-order valence-electron chi connectivity index (χ1n) is 25.4. The number of carbonyl (C=O) groups excluding carboxylic acids is 5. The third-order valence-corrected chi connectivity index (χ3v) is 16.3. The average Bonchev–Trinajstić information content (AvgIpc) is 3.85. The quantitative estimate of drug-likeness (QED) is 0.136. The first kappa shape index (κ1) is 56.3. The molecule has 1 amide bonds. The second-order valence-corrected chi connectivity index (χ2v) is 21.9. The zero-order valence-corrected chi connectivity index (χ0v) is 43.4. The molecule has 4 heterocycles. The number of piperidine rings is 1. The fourth-order valence-electron chi connectivity index (χ4n) is 10.9. The van der Waals surface area contributed by atoms with Gasteiger partial charge in [0.2, 0.25) is 5.79 Å². The van der Waals surface area contributed by atoms with Crippen LogP contribution in [0.15, 0.2) is 65.1 Å². The second-order valence-electron chi connectivity index (χ2n) is 20.8. The topological polar surface area (TPSA) is 186 Å². The SMILES string of the molecule is COC1C(=O)[C@H](C)C[C@H](C)/C=C/C=C/C=C(\C)C(Cc2cccs2)C[C@@H]2CC[C@@H](C)[C@@](O)(O2)C(=O)C(=O)N2CCCC[C@H]2C(=O)O[C@H]([C@H](C)C[C@@H]2CC[C@@H](O)[C@H](OC)C2)CC(=O)[C@H](C)/C=C(\C)[C@H]1O. The molecular formula is C55H81NO12S. The van der Waals surface area contributed by atoms with Crippen LogP contribution in [0.2, 0.25) is 0 Å². The molecule has 1 aliphatic carbocycles. The summed E-state index contributed by atoms with van der Waals surface area (Å²) in [5.41, 5.74) is 1.48. The fourth-order valence-corrected chi connectivity index (χ4v) is 11.6. The van der Waals surface area contributed by atoms with E-state index in [2.05, 4.69) is 19.1 Å². The van der Waals surface area contributed by atoms with Gasteiger partial charge in [-0.1, -0.05) is 82.7 Å². The number of allylic oxidation sites excluding steroid dienone is 7. The molecule has 15 atom stereocenters. The Labute approximate surface area is 414 Å². The van der Waals surface area contributed by atoms with E-state index in [4.69, 9.17) is 18.9 Å². The van der Waals surface area contributed by atoms with Gasteiger partial charge in [-0.05, 0) is 132 Å². The normalized spacial score (nSPS) is 38.8. The number of aliphatic hydroxyl groups excluding tert-OH is 2. The van der Waals surface area contributed by atoms with Crippen LogP contribution >= 0.6 is 11.3 Å². The van der Waals surface area contributed by atoms with E-state index in [1.807, 2.05) is 56.5 Å². The average molecular weight is 980 g/mol. The number of aliphatic hydroxyl groups is 3. The number of carbonyl (C=O) groups is 5. The van der Waals surface area contributed by atoms with Crippen LogP contribution in [-0.2, 0) is 49.3 Å². The van der Waals surface area contributed by atoms with Crippen molar-refractivity contribution >= 4 is 40.6 Å². The van der Waals surface area contributed by atoms with Crippen LogP contribution in [0.1, 0.15) is 130 Å². The Morgan fingerprint density at radius 2 is 1.65 bits per heavy atom. The number of ketones is 3. The van der Waals surface area contributed by atoms with Crippen LogP contribution in [0.5, 0.6) is 0 Å². The van der Waals surface area contributed by atoms with Gasteiger partial charge in [-0.3, -0.25) is 19.2 Å². The summed E-state index contributed by atoms with van der Waals surface area (Å²) in [6.45, 7) is 13.0. The van der Waals surface area contributed by atoms with Crippen molar-refractivity contribution in [2.75, 3.05) is 20.8 Å². The van der Waals surface area contributed by atoms with E-state index < -0.39 is 77.8 Å². The van der Waals surface area contributed by atoms with Gasteiger partial charge in [0.05, 0.1) is 18.3 Å². The molecule has 2 unspecified atom stereocenters. The highest BCUT2D eigenvalue weighted by Crippen LogP contribution is 2.39. The van der Waals surface area contributed by atoms with Crippen LogP contribution in [0.4, 0.5) is 0 Å². The summed E-state index contributed by atoms with van der Waals surface area (Å²) < 4.78 is 23.8. The number of methoxy groups -OCH3 is 2. The molecule has 0 aromatic carbocycles. The number of hydrogen-bond acceptors (Lipinski definition) is 13. The lowest BCUT2D eigenvalue weighted by molar-refractivity contribution is -0.264. The number of rotatable bonds is 7. The van der Waals surface area contributed by atoms with Gasteiger partial charge in [0.1, 0.15) is 30.1 Å². The minimum Gasteiger partial charge on any atom is -0.460 e. The van der Waals surface area contributed by atoms with Crippen LogP contribution in [0, 0.1) is 41.4 Å². The lowest BCUT2D eigenvalue weighted by Gasteiger charge is -2.43. The number of hydrogen-bond donors (Lipinski definition) is 3. The molecule has 14 heteroatoms. The molecule has 2 bridgehead atoms. The van der Waals surface area contributed by atoms with Gasteiger partial charge in [-0.2, -0.15) is 0 Å². The molecule has 3 aliphatic heterocycles. The molecule has 69 heavy (non-hydrogen) atoms. The Morgan fingerprint density at radius 3 is 2.35 bits per heavy atom.